The molecular formula is C12H28P2. The molecule has 2 heteroatoms. The smallest absolute Gasteiger partial charge is 0.0243 e. The van der Waals surface area contributed by atoms with Crippen LogP contribution in [0, 0.1) is 0 Å². The minimum absolute atomic E-state index is 0.312. The lowest BCUT2D eigenvalue weighted by Gasteiger charge is -2.24. The van der Waals surface area contributed by atoms with Crippen molar-refractivity contribution >= 4 is 15.8 Å². The first kappa shape index (κ1) is 14.9. The first-order valence-electron chi connectivity index (χ1n) is 5.93. The maximum Gasteiger partial charge on any atom is -0.0243 e. The Labute approximate surface area is 93.8 Å². The van der Waals surface area contributed by atoms with E-state index in [1.54, 1.807) is 0 Å². The van der Waals surface area contributed by atoms with E-state index in [9.17, 15) is 0 Å². The van der Waals surface area contributed by atoms with Crippen LogP contribution in [0.25, 0.3) is 0 Å². The lowest BCUT2D eigenvalue weighted by atomic mass is 10.4. The van der Waals surface area contributed by atoms with Crippen molar-refractivity contribution in [3.63, 3.8) is 0 Å². The Morgan fingerprint density at radius 1 is 0.786 bits per heavy atom. The van der Waals surface area contributed by atoms with Crippen molar-refractivity contribution in [2.45, 2.75) is 51.9 Å². The van der Waals surface area contributed by atoms with Crippen molar-refractivity contribution in [2.24, 2.45) is 0 Å². The van der Waals surface area contributed by atoms with E-state index in [0.29, 0.717) is 15.8 Å². The number of rotatable bonds is 7. The molecule has 0 aromatic carbocycles. The molecule has 4 atom stereocenters. The van der Waals surface area contributed by atoms with Crippen LogP contribution in [0.3, 0.4) is 0 Å². The monoisotopic (exact) mass is 234 g/mol. The zero-order valence-electron chi connectivity index (χ0n) is 10.9. The molecule has 0 aliphatic carbocycles. The first-order chi connectivity index (χ1) is 6.52. The van der Waals surface area contributed by atoms with Crippen molar-refractivity contribution < 1.29 is 0 Å². The van der Waals surface area contributed by atoms with Gasteiger partial charge in [0.15, 0.2) is 0 Å². The summed E-state index contributed by atoms with van der Waals surface area (Å²) in [5.41, 5.74) is 1.95. The van der Waals surface area contributed by atoms with Gasteiger partial charge in [0.05, 0.1) is 0 Å². The Hall–Kier alpha value is 0.860. The van der Waals surface area contributed by atoms with Crippen LogP contribution in [-0.4, -0.2) is 37.0 Å². The standard InChI is InChI=1S/C12H28P2/c1-7-11(3)13(5)9-10-14(6)12(4)8-2/h11-12H,7-10H2,1-6H3. The van der Waals surface area contributed by atoms with Crippen LogP contribution in [-0.2, 0) is 0 Å². The summed E-state index contributed by atoms with van der Waals surface area (Å²) < 4.78 is 0. The van der Waals surface area contributed by atoms with Crippen LogP contribution in [0.5, 0.6) is 0 Å². The average Bonchev–Trinajstić information content (AvgIpc) is 2.22. The fourth-order valence-corrected chi connectivity index (χ4v) is 6.03. The second kappa shape index (κ2) is 8.06. The van der Waals surface area contributed by atoms with Gasteiger partial charge in [-0.3, -0.25) is 0 Å². The summed E-state index contributed by atoms with van der Waals surface area (Å²) in [6.07, 6.45) is 5.76. The van der Waals surface area contributed by atoms with Crippen molar-refractivity contribution in [3.8, 4) is 0 Å². The maximum absolute atomic E-state index is 2.49. The van der Waals surface area contributed by atoms with Gasteiger partial charge >= 0.3 is 0 Å². The lowest BCUT2D eigenvalue weighted by Crippen LogP contribution is -2.06. The highest BCUT2D eigenvalue weighted by Crippen LogP contribution is 2.45. The zero-order chi connectivity index (χ0) is 11.1. The largest absolute Gasteiger partial charge is 0.107 e. The summed E-state index contributed by atoms with van der Waals surface area (Å²) in [6.45, 7) is 14.5. The molecule has 0 bridgehead atoms. The van der Waals surface area contributed by atoms with E-state index in [-0.39, 0.29) is 0 Å². The van der Waals surface area contributed by atoms with Crippen LogP contribution in [0.2, 0.25) is 0 Å². The second-order valence-corrected chi connectivity index (χ2v) is 10.2. The molecule has 0 heterocycles. The van der Waals surface area contributed by atoms with Crippen molar-refractivity contribution in [1.82, 2.24) is 0 Å². The van der Waals surface area contributed by atoms with Gasteiger partial charge in [-0.25, -0.2) is 0 Å². The van der Waals surface area contributed by atoms with E-state index in [1.807, 2.05) is 0 Å². The van der Waals surface area contributed by atoms with E-state index in [4.69, 9.17) is 0 Å². The van der Waals surface area contributed by atoms with Gasteiger partial charge in [0.25, 0.3) is 0 Å². The first-order valence-corrected chi connectivity index (χ1v) is 10.0. The summed E-state index contributed by atoms with van der Waals surface area (Å²) >= 11 is 0. The van der Waals surface area contributed by atoms with Crippen molar-refractivity contribution in [1.29, 1.82) is 0 Å². The van der Waals surface area contributed by atoms with E-state index < -0.39 is 0 Å². The molecule has 0 aromatic rings. The van der Waals surface area contributed by atoms with Crippen molar-refractivity contribution in [2.75, 3.05) is 25.7 Å². The van der Waals surface area contributed by atoms with Gasteiger partial charge in [-0.15, -0.1) is 15.8 Å². The predicted molar refractivity (Wildman–Crippen MR) is 74.9 cm³/mol. The zero-order valence-corrected chi connectivity index (χ0v) is 12.7. The Morgan fingerprint density at radius 2 is 1.07 bits per heavy atom. The van der Waals surface area contributed by atoms with Gasteiger partial charge < -0.3 is 0 Å². The van der Waals surface area contributed by atoms with Crippen LogP contribution < -0.4 is 0 Å². The number of hydrogen-bond donors (Lipinski definition) is 0. The summed E-state index contributed by atoms with van der Waals surface area (Å²) in [6, 6.07) is 0. The van der Waals surface area contributed by atoms with E-state index in [0.717, 1.165) is 11.3 Å². The summed E-state index contributed by atoms with van der Waals surface area (Å²) in [5.74, 6) is 0. The fourth-order valence-electron chi connectivity index (χ4n) is 1.38. The van der Waals surface area contributed by atoms with Gasteiger partial charge in [0.2, 0.25) is 0 Å². The second-order valence-electron chi connectivity index (χ2n) is 4.48. The number of hydrogen-bond acceptors (Lipinski definition) is 0. The minimum atomic E-state index is 0.312. The minimum Gasteiger partial charge on any atom is -0.107 e. The molecule has 0 radical (unpaired) electrons. The van der Waals surface area contributed by atoms with Gasteiger partial charge in [-0.1, -0.05) is 27.7 Å². The highest BCUT2D eigenvalue weighted by molar-refractivity contribution is 7.61. The molecule has 0 rings (SSSR count). The van der Waals surface area contributed by atoms with Crippen LogP contribution in [0.4, 0.5) is 0 Å². The van der Waals surface area contributed by atoms with Crippen LogP contribution in [0.15, 0.2) is 0 Å². The molecule has 0 fully saturated rings. The third kappa shape index (κ3) is 5.67. The summed E-state index contributed by atoms with van der Waals surface area (Å²) in [4.78, 5) is 0. The molecule has 0 nitrogen and oxygen atoms in total. The molecule has 4 unspecified atom stereocenters. The molecule has 0 spiro atoms. The van der Waals surface area contributed by atoms with Gasteiger partial charge in [0, 0.05) is 0 Å². The van der Waals surface area contributed by atoms with Gasteiger partial charge in [0.1, 0.15) is 0 Å². The SMILES string of the molecule is CCC(C)P(C)CCP(C)C(C)CC. The molecule has 0 aromatic heterocycles. The highest BCUT2D eigenvalue weighted by Gasteiger charge is 2.13. The molecule has 0 amide bonds. The van der Waals surface area contributed by atoms with Crippen LogP contribution in [0.1, 0.15) is 40.5 Å². The molecule has 0 N–H and O–H groups in total. The van der Waals surface area contributed by atoms with Crippen LogP contribution >= 0.6 is 15.8 Å². The third-order valence-corrected chi connectivity index (χ3v) is 9.44. The lowest BCUT2D eigenvalue weighted by molar-refractivity contribution is 0.885. The Morgan fingerprint density at radius 3 is 1.29 bits per heavy atom. The fraction of sp³-hybridized carbons (Fsp3) is 1.00. The molecule has 0 aliphatic heterocycles. The molecular weight excluding hydrogens is 206 g/mol. The Bertz CT molecular complexity index is 120. The average molecular weight is 234 g/mol. The highest BCUT2D eigenvalue weighted by atomic mass is 31.1. The molecule has 0 saturated carbocycles. The summed E-state index contributed by atoms with van der Waals surface area (Å²) in [7, 11) is 0.624. The Kier molecular flexibility index (Phi) is 8.56. The predicted octanol–water partition coefficient (Wildman–Crippen LogP) is 4.81. The molecule has 0 saturated heterocycles. The third-order valence-electron chi connectivity index (χ3n) is 3.49. The Balaban J connectivity index is 3.70. The van der Waals surface area contributed by atoms with E-state index in [2.05, 4.69) is 41.0 Å². The van der Waals surface area contributed by atoms with E-state index in [1.165, 1.54) is 25.2 Å². The normalized spacial score (nSPS) is 20.1. The molecule has 0 aliphatic rings. The van der Waals surface area contributed by atoms with E-state index >= 15 is 0 Å². The maximum atomic E-state index is 2.49. The molecule has 86 valence electrons. The topological polar surface area (TPSA) is 0 Å². The van der Waals surface area contributed by atoms with Crippen molar-refractivity contribution in [3.05, 3.63) is 0 Å². The van der Waals surface area contributed by atoms with Gasteiger partial charge in [-0.2, -0.15) is 0 Å². The summed E-state index contributed by atoms with van der Waals surface area (Å²) in [5, 5.41) is 0. The quantitative estimate of drug-likeness (QED) is 0.555. The molecule has 14 heavy (non-hydrogen) atoms. The van der Waals surface area contributed by atoms with Gasteiger partial charge in [-0.05, 0) is 49.8 Å².